The Labute approximate surface area is 191 Å². The van der Waals surface area contributed by atoms with Crippen LogP contribution in [-0.2, 0) is 11.3 Å². The number of hydrogen-bond donors (Lipinski definition) is 3. The molecular formula is C18H26ClIN4O3S. The van der Waals surface area contributed by atoms with Gasteiger partial charge >= 0.3 is 0 Å². The zero-order valence-corrected chi connectivity index (χ0v) is 19.8. The second-order valence-corrected chi connectivity index (χ2v) is 7.29. The van der Waals surface area contributed by atoms with E-state index in [0.29, 0.717) is 49.0 Å². The van der Waals surface area contributed by atoms with Crippen molar-refractivity contribution in [2.75, 3.05) is 33.4 Å². The van der Waals surface area contributed by atoms with Crippen molar-refractivity contribution < 1.29 is 14.6 Å². The Bertz CT molecular complexity index is 732. The topological polar surface area (TPSA) is 88.0 Å². The van der Waals surface area contributed by atoms with Crippen molar-refractivity contribution >= 4 is 52.9 Å². The zero-order valence-electron chi connectivity index (χ0n) is 15.9. The zero-order chi connectivity index (χ0) is 19.5. The molecule has 28 heavy (non-hydrogen) atoms. The number of aromatic nitrogens is 1. The van der Waals surface area contributed by atoms with Gasteiger partial charge in [-0.3, -0.25) is 0 Å². The van der Waals surface area contributed by atoms with Crippen LogP contribution in [0.15, 0.2) is 35.5 Å². The number of nitrogens with zero attached hydrogens (tertiary/aromatic N) is 2. The van der Waals surface area contributed by atoms with Crippen LogP contribution < -0.4 is 15.4 Å². The number of guanidine groups is 1. The summed E-state index contributed by atoms with van der Waals surface area (Å²) >= 11 is 7.28. The number of aliphatic hydroxyl groups excluding tert-OH is 1. The molecule has 1 atom stereocenters. The molecule has 0 saturated heterocycles. The molecule has 0 aliphatic heterocycles. The molecule has 2 aromatic heterocycles. The van der Waals surface area contributed by atoms with E-state index in [9.17, 15) is 5.11 Å². The Kier molecular flexibility index (Phi) is 12.4. The molecule has 7 nitrogen and oxygen atoms in total. The third-order valence-corrected chi connectivity index (χ3v) is 4.85. The number of thiophene rings is 1. The molecule has 0 aromatic carbocycles. The van der Waals surface area contributed by atoms with Crippen molar-refractivity contribution in [1.82, 2.24) is 15.6 Å². The summed E-state index contributed by atoms with van der Waals surface area (Å²) in [7, 11) is 1.62. The average molecular weight is 541 g/mol. The Morgan fingerprint density at radius 3 is 2.82 bits per heavy atom. The number of aliphatic imine (C=N–C) groups is 1. The van der Waals surface area contributed by atoms with Crippen molar-refractivity contribution in [1.29, 1.82) is 0 Å². The Morgan fingerprint density at radius 1 is 1.32 bits per heavy atom. The Hall–Kier alpha value is -1.14. The van der Waals surface area contributed by atoms with Crippen molar-refractivity contribution in [3.05, 3.63) is 45.2 Å². The summed E-state index contributed by atoms with van der Waals surface area (Å²) < 4.78 is 11.3. The van der Waals surface area contributed by atoms with Gasteiger partial charge in [0.15, 0.2) is 5.96 Å². The maximum Gasteiger partial charge on any atom is 0.218 e. The van der Waals surface area contributed by atoms with Crippen LogP contribution in [-0.4, -0.2) is 49.5 Å². The monoisotopic (exact) mass is 540 g/mol. The highest BCUT2D eigenvalue weighted by molar-refractivity contribution is 14.0. The maximum atomic E-state index is 10.3. The molecule has 0 aliphatic carbocycles. The van der Waals surface area contributed by atoms with Crippen LogP contribution in [0, 0.1) is 0 Å². The Morgan fingerprint density at radius 2 is 2.14 bits per heavy atom. The van der Waals surface area contributed by atoms with E-state index >= 15 is 0 Å². The summed E-state index contributed by atoms with van der Waals surface area (Å²) in [6, 6.07) is 7.36. The van der Waals surface area contributed by atoms with Crippen LogP contribution in [0.5, 0.6) is 5.88 Å². The Balaban J connectivity index is 0.00000392. The molecule has 1 unspecified atom stereocenters. The fourth-order valence-electron chi connectivity index (χ4n) is 2.20. The van der Waals surface area contributed by atoms with Gasteiger partial charge in [0, 0.05) is 36.8 Å². The van der Waals surface area contributed by atoms with E-state index in [4.69, 9.17) is 21.1 Å². The highest BCUT2D eigenvalue weighted by Gasteiger charge is 2.11. The van der Waals surface area contributed by atoms with Gasteiger partial charge < -0.3 is 25.2 Å². The lowest BCUT2D eigenvalue weighted by atomic mass is 10.3. The van der Waals surface area contributed by atoms with E-state index < -0.39 is 6.10 Å². The number of rotatable bonds is 10. The number of aliphatic hydroxyl groups is 1. The van der Waals surface area contributed by atoms with Gasteiger partial charge in [-0.05, 0) is 25.1 Å². The van der Waals surface area contributed by atoms with Gasteiger partial charge in [-0.25, -0.2) is 9.98 Å². The molecule has 2 heterocycles. The molecule has 0 saturated carbocycles. The summed E-state index contributed by atoms with van der Waals surface area (Å²) in [4.78, 5) is 9.61. The van der Waals surface area contributed by atoms with Crippen molar-refractivity contribution in [3.8, 4) is 5.88 Å². The number of ether oxygens (including phenoxy) is 2. The molecular weight excluding hydrogens is 515 g/mol. The maximum absolute atomic E-state index is 10.3. The molecule has 3 N–H and O–H groups in total. The molecule has 0 spiro atoms. The number of methoxy groups -OCH3 is 1. The number of hydrogen-bond acceptors (Lipinski definition) is 6. The van der Waals surface area contributed by atoms with E-state index in [1.165, 1.54) is 11.3 Å². The third-order valence-electron chi connectivity index (χ3n) is 3.51. The van der Waals surface area contributed by atoms with E-state index in [2.05, 4.69) is 20.6 Å². The molecule has 0 fully saturated rings. The van der Waals surface area contributed by atoms with Crippen LogP contribution in [0.4, 0.5) is 0 Å². The summed E-state index contributed by atoms with van der Waals surface area (Å²) in [6.45, 7) is 4.33. The molecule has 10 heteroatoms. The standard InChI is InChI=1S/C18H25ClN4O3S.HI/c1-3-20-18(23-12-14(24)15-6-7-16(19)27-15)22-11-13-5-4-8-21-17(13)26-10-9-25-2;/h4-8,14,24H,3,9-12H2,1-2H3,(H2,20,22,23);1H. The highest BCUT2D eigenvalue weighted by Crippen LogP contribution is 2.26. The van der Waals surface area contributed by atoms with Gasteiger partial charge in [-0.2, -0.15) is 0 Å². The fourth-order valence-corrected chi connectivity index (χ4v) is 3.25. The highest BCUT2D eigenvalue weighted by atomic mass is 127. The second kappa shape index (κ2) is 13.9. The SMILES string of the molecule is CCNC(=NCc1cccnc1OCCOC)NCC(O)c1ccc(Cl)s1.I. The number of nitrogens with one attached hydrogen (secondary N) is 2. The minimum absolute atomic E-state index is 0. The minimum atomic E-state index is -0.655. The van der Waals surface area contributed by atoms with Gasteiger partial charge in [-0.15, -0.1) is 35.3 Å². The van der Waals surface area contributed by atoms with Crippen molar-refractivity contribution in [3.63, 3.8) is 0 Å². The van der Waals surface area contributed by atoms with Crippen molar-refractivity contribution in [2.45, 2.75) is 19.6 Å². The first kappa shape index (κ1) is 24.9. The largest absolute Gasteiger partial charge is 0.475 e. The predicted molar refractivity (Wildman–Crippen MR) is 124 cm³/mol. The van der Waals surface area contributed by atoms with Gasteiger partial charge in [-0.1, -0.05) is 17.7 Å². The molecule has 0 radical (unpaired) electrons. The van der Waals surface area contributed by atoms with E-state index in [-0.39, 0.29) is 24.0 Å². The first-order valence-corrected chi connectivity index (χ1v) is 9.84. The number of pyridine rings is 1. The average Bonchev–Trinajstić information content (AvgIpc) is 3.11. The van der Waals surface area contributed by atoms with Crippen LogP contribution in [0.25, 0.3) is 0 Å². The van der Waals surface area contributed by atoms with Crippen LogP contribution in [0.2, 0.25) is 4.34 Å². The summed E-state index contributed by atoms with van der Waals surface area (Å²) in [5.41, 5.74) is 0.872. The first-order chi connectivity index (χ1) is 13.1. The molecule has 0 aliphatic rings. The lowest BCUT2D eigenvalue weighted by molar-refractivity contribution is 0.143. The smallest absolute Gasteiger partial charge is 0.218 e. The summed E-state index contributed by atoms with van der Waals surface area (Å²) in [5.74, 6) is 1.15. The minimum Gasteiger partial charge on any atom is -0.475 e. The molecule has 156 valence electrons. The quantitative estimate of drug-likeness (QED) is 0.186. The van der Waals surface area contributed by atoms with E-state index in [1.807, 2.05) is 25.1 Å². The van der Waals surface area contributed by atoms with Crippen LogP contribution >= 0.6 is 46.9 Å². The van der Waals surface area contributed by atoms with E-state index in [0.717, 1.165) is 10.4 Å². The van der Waals surface area contributed by atoms with E-state index in [1.54, 1.807) is 19.4 Å². The fraction of sp³-hybridized carbons (Fsp3) is 0.444. The van der Waals surface area contributed by atoms with Crippen LogP contribution in [0.1, 0.15) is 23.5 Å². The third kappa shape index (κ3) is 8.48. The molecule has 2 aromatic rings. The van der Waals surface area contributed by atoms with Crippen molar-refractivity contribution in [2.24, 2.45) is 4.99 Å². The second-order valence-electron chi connectivity index (χ2n) is 5.54. The van der Waals surface area contributed by atoms with Crippen LogP contribution in [0.3, 0.4) is 0 Å². The lowest BCUT2D eigenvalue weighted by Crippen LogP contribution is -2.39. The predicted octanol–water partition coefficient (Wildman–Crippen LogP) is 3.23. The lowest BCUT2D eigenvalue weighted by Gasteiger charge is -2.15. The van der Waals surface area contributed by atoms with Gasteiger partial charge in [0.25, 0.3) is 0 Å². The molecule has 2 rings (SSSR count). The van der Waals surface area contributed by atoms with Gasteiger partial charge in [0.2, 0.25) is 5.88 Å². The molecule has 0 bridgehead atoms. The first-order valence-electron chi connectivity index (χ1n) is 8.65. The summed E-state index contributed by atoms with van der Waals surface area (Å²) in [6.07, 6.45) is 1.03. The number of halogens is 2. The normalized spacial score (nSPS) is 12.2. The summed E-state index contributed by atoms with van der Waals surface area (Å²) in [5, 5.41) is 16.6. The molecule has 0 amide bonds. The van der Waals surface area contributed by atoms with Gasteiger partial charge in [0.05, 0.1) is 17.5 Å². The van der Waals surface area contributed by atoms with Gasteiger partial charge in [0.1, 0.15) is 12.7 Å².